The summed E-state index contributed by atoms with van der Waals surface area (Å²) in [6.45, 7) is 2.16. The largest absolute Gasteiger partial charge is 0.299 e. The minimum atomic E-state index is 0.0104. The molecule has 0 saturated heterocycles. The highest BCUT2D eigenvalue weighted by Crippen LogP contribution is 2.42. The van der Waals surface area contributed by atoms with Gasteiger partial charge in [0.1, 0.15) is 5.78 Å². The van der Waals surface area contributed by atoms with Gasteiger partial charge in [0, 0.05) is 16.7 Å². The van der Waals surface area contributed by atoms with Crippen LogP contribution >= 0.6 is 27.3 Å². The molecular weight excluding hydrogens is 284 g/mol. The van der Waals surface area contributed by atoms with Crippen LogP contribution in [0.4, 0.5) is 0 Å². The number of ketones is 1. The predicted octanol–water partition coefficient (Wildman–Crippen LogP) is 4.59. The van der Waals surface area contributed by atoms with Crippen molar-refractivity contribution < 1.29 is 4.79 Å². The van der Waals surface area contributed by atoms with Gasteiger partial charge in [0.25, 0.3) is 0 Å². The second-order valence-electron chi connectivity index (χ2n) is 4.65. The average Bonchev–Trinajstić information content (AvgIpc) is 2.88. The monoisotopic (exact) mass is 300 g/mol. The Labute approximate surface area is 109 Å². The van der Waals surface area contributed by atoms with Crippen molar-refractivity contribution in [2.24, 2.45) is 5.41 Å². The summed E-state index contributed by atoms with van der Waals surface area (Å²) in [5.74, 6) is 0.460. The lowest BCUT2D eigenvalue weighted by Crippen LogP contribution is -2.28. The normalized spacial score (nSPS) is 18.9. The van der Waals surface area contributed by atoms with E-state index in [-0.39, 0.29) is 5.41 Å². The standard InChI is InChI=1S/C13H17BrOS/c1-2-13(7-3-4-8-13)11(15)9-10-5-6-12(14)16-10/h5-6H,2-4,7-9H2,1H3. The summed E-state index contributed by atoms with van der Waals surface area (Å²) >= 11 is 5.12. The highest BCUT2D eigenvalue weighted by molar-refractivity contribution is 9.11. The van der Waals surface area contributed by atoms with E-state index in [1.807, 2.05) is 6.07 Å². The molecule has 1 aliphatic carbocycles. The van der Waals surface area contributed by atoms with Crippen LogP contribution in [-0.4, -0.2) is 5.78 Å². The first-order valence-corrected chi connectivity index (χ1v) is 7.55. The van der Waals surface area contributed by atoms with E-state index >= 15 is 0 Å². The zero-order valence-electron chi connectivity index (χ0n) is 9.59. The van der Waals surface area contributed by atoms with Crippen molar-refractivity contribution in [1.82, 2.24) is 0 Å². The molecule has 1 aliphatic rings. The fraction of sp³-hybridized carbons (Fsp3) is 0.615. The lowest BCUT2D eigenvalue weighted by atomic mass is 9.78. The van der Waals surface area contributed by atoms with E-state index in [0.717, 1.165) is 23.0 Å². The molecule has 1 saturated carbocycles. The highest BCUT2D eigenvalue weighted by atomic mass is 79.9. The van der Waals surface area contributed by atoms with Crippen LogP contribution < -0.4 is 0 Å². The molecule has 2 rings (SSSR count). The molecule has 3 heteroatoms. The third-order valence-electron chi connectivity index (χ3n) is 3.79. The zero-order valence-corrected chi connectivity index (χ0v) is 12.0. The van der Waals surface area contributed by atoms with Crippen LogP contribution in [0.25, 0.3) is 0 Å². The zero-order chi connectivity index (χ0) is 11.6. The van der Waals surface area contributed by atoms with Gasteiger partial charge in [0.15, 0.2) is 0 Å². The summed E-state index contributed by atoms with van der Waals surface area (Å²) < 4.78 is 1.12. The number of carbonyl (C=O) groups is 1. The molecule has 1 fully saturated rings. The van der Waals surface area contributed by atoms with E-state index in [1.165, 1.54) is 17.7 Å². The minimum Gasteiger partial charge on any atom is -0.299 e. The van der Waals surface area contributed by atoms with Crippen molar-refractivity contribution in [1.29, 1.82) is 0 Å². The van der Waals surface area contributed by atoms with E-state index in [0.29, 0.717) is 12.2 Å². The molecule has 0 atom stereocenters. The quantitative estimate of drug-likeness (QED) is 0.794. The molecule has 1 heterocycles. The van der Waals surface area contributed by atoms with Crippen LogP contribution in [0, 0.1) is 5.41 Å². The van der Waals surface area contributed by atoms with Crippen molar-refractivity contribution in [3.05, 3.63) is 20.8 Å². The van der Waals surface area contributed by atoms with Gasteiger partial charge in [-0.05, 0) is 47.3 Å². The van der Waals surface area contributed by atoms with Gasteiger partial charge in [0.05, 0.1) is 3.79 Å². The third kappa shape index (κ3) is 2.40. The number of carbonyl (C=O) groups excluding carboxylic acids is 1. The lowest BCUT2D eigenvalue weighted by molar-refractivity contribution is -0.128. The number of hydrogen-bond donors (Lipinski definition) is 0. The molecule has 0 aromatic carbocycles. The summed E-state index contributed by atoms with van der Waals surface area (Å²) in [5.41, 5.74) is 0.0104. The molecule has 0 N–H and O–H groups in total. The van der Waals surface area contributed by atoms with E-state index in [4.69, 9.17) is 0 Å². The van der Waals surface area contributed by atoms with Crippen molar-refractivity contribution in [3.8, 4) is 0 Å². The fourth-order valence-electron chi connectivity index (χ4n) is 2.67. The van der Waals surface area contributed by atoms with Crippen LogP contribution in [-0.2, 0) is 11.2 Å². The summed E-state index contributed by atoms with van der Waals surface area (Å²) in [4.78, 5) is 13.6. The molecule has 88 valence electrons. The second-order valence-corrected chi connectivity index (χ2v) is 7.19. The second kappa shape index (κ2) is 5.01. The van der Waals surface area contributed by atoms with E-state index < -0.39 is 0 Å². The molecule has 1 aromatic heterocycles. The Morgan fingerprint density at radius 1 is 1.44 bits per heavy atom. The maximum Gasteiger partial charge on any atom is 0.144 e. The highest BCUT2D eigenvalue weighted by Gasteiger charge is 2.38. The molecule has 0 unspecified atom stereocenters. The van der Waals surface area contributed by atoms with Crippen LogP contribution in [0.15, 0.2) is 15.9 Å². The molecule has 16 heavy (non-hydrogen) atoms. The Bertz CT molecular complexity index is 377. The first kappa shape index (κ1) is 12.3. The summed E-state index contributed by atoms with van der Waals surface area (Å²) in [7, 11) is 0. The van der Waals surface area contributed by atoms with Crippen LogP contribution in [0.5, 0.6) is 0 Å². The van der Waals surface area contributed by atoms with Gasteiger partial charge in [-0.3, -0.25) is 4.79 Å². The summed E-state index contributed by atoms with van der Waals surface area (Å²) in [5, 5.41) is 0. The van der Waals surface area contributed by atoms with E-state index in [2.05, 4.69) is 28.9 Å². The molecule has 1 nitrogen and oxygen atoms in total. The molecule has 0 bridgehead atoms. The fourth-order valence-corrected chi connectivity index (χ4v) is 4.16. The van der Waals surface area contributed by atoms with Gasteiger partial charge < -0.3 is 0 Å². The number of halogens is 1. The molecule has 0 aliphatic heterocycles. The van der Waals surface area contributed by atoms with Gasteiger partial charge >= 0.3 is 0 Å². The maximum atomic E-state index is 12.4. The lowest BCUT2D eigenvalue weighted by Gasteiger charge is -2.25. The minimum absolute atomic E-state index is 0.0104. The number of thiophene rings is 1. The Morgan fingerprint density at radius 2 is 2.12 bits per heavy atom. The molecule has 0 radical (unpaired) electrons. The first-order valence-electron chi connectivity index (χ1n) is 5.94. The molecule has 0 spiro atoms. The van der Waals surface area contributed by atoms with Crippen molar-refractivity contribution >= 4 is 33.0 Å². The van der Waals surface area contributed by atoms with Crippen molar-refractivity contribution in [3.63, 3.8) is 0 Å². The predicted molar refractivity (Wildman–Crippen MR) is 71.9 cm³/mol. The topological polar surface area (TPSA) is 17.1 Å². The number of Topliss-reactive ketones (excluding diaryl/α,β-unsaturated/α-hetero) is 1. The van der Waals surface area contributed by atoms with Gasteiger partial charge in [-0.2, -0.15) is 0 Å². The van der Waals surface area contributed by atoms with Crippen LogP contribution in [0.2, 0.25) is 0 Å². The number of rotatable bonds is 4. The van der Waals surface area contributed by atoms with Gasteiger partial charge in [-0.25, -0.2) is 0 Å². The first-order chi connectivity index (χ1) is 7.66. The molecular formula is C13H17BrOS. The van der Waals surface area contributed by atoms with Crippen molar-refractivity contribution in [2.45, 2.75) is 45.4 Å². The maximum absolute atomic E-state index is 12.4. The Balaban J connectivity index is 2.07. The Kier molecular flexibility index (Phi) is 3.85. The summed E-state index contributed by atoms with van der Waals surface area (Å²) in [6.07, 6.45) is 6.31. The Hall–Kier alpha value is -0.150. The average molecular weight is 301 g/mol. The third-order valence-corrected chi connectivity index (χ3v) is 5.42. The van der Waals surface area contributed by atoms with E-state index in [9.17, 15) is 4.79 Å². The van der Waals surface area contributed by atoms with Crippen LogP contribution in [0.3, 0.4) is 0 Å². The Morgan fingerprint density at radius 3 is 2.62 bits per heavy atom. The molecule has 0 amide bonds. The van der Waals surface area contributed by atoms with E-state index in [1.54, 1.807) is 11.3 Å². The van der Waals surface area contributed by atoms with Gasteiger partial charge in [0.2, 0.25) is 0 Å². The SMILES string of the molecule is CCC1(C(=O)Cc2ccc(Br)s2)CCCC1. The smallest absolute Gasteiger partial charge is 0.144 e. The van der Waals surface area contributed by atoms with Crippen LogP contribution in [0.1, 0.15) is 43.9 Å². The van der Waals surface area contributed by atoms with Gasteiger partial charge in [-0.15, -0.1) is 11.3 Å². The molecule has 1 aromatic rings. The van der Waals surface area contributed by atoms with Crippen molar-refractivity contribution in [2.75, 3.05) is 0 Å². The number of hydrogen-bond acceptors (Lipinski definition) is 2. The van der Waals surface area contributed by atoms with Gasteiger partial charge in [-0.1, -0.05) is 19.8 Å². The summed E-state index contributed by atoms with van der Waals surface area (Å²) in [6, 6.07) is 4.09.